The Labute approximate surface area is 116 Å². The van der Waals surface area contributed by atoms with Gasteiger partial charge in [0.15, 0.2) is 0 Å². The van der Waals surface area contributed by atoms with Crippen LogP contribution in [0.15, 0.2) is 0 Å². The zero-order valence-electron chi connectivity index (χ0n) is 13.3. The molecule has 19 heavy (non-hydrogen) atoms. The van der Waals surface area contributed by atoms with E-state index in [1.54, 1.807) is 27.7 Å². The van der Waals surface area contributed by atoms with Gasteiger partial charge in [-0.3, -0.25) is 9.59 Å². The molecule has 0 amide bonds. The van der Waals surface area contributed by atoms with Crippen LogP contribution in [0.5, 0.6) is 0 Å². The first-order valence-electron chi connectivity index (χ1n) is 6.99. The van der Waals surface area contributed by atoms with Crippen LogP contribution in [0.25, 0.3) is 0 Å². The highest BCUT2D eigenvalue weighted by molar-refractivity contribution is 5.72. The summed E-state index contributed by atoms with van der Waals surface area (Å²) in [5.74, 6) is -0.731. The summed E-state index contributed by atoms with van der Waals surface area (Å²) in [6.07, 6.45) is 0.451. The zero-order valence-corrected chi connectivity index (χ0v) is 13.3. The maximum atomic E-state index is 11.7. The topological polar surface area (TPSA) is 52.6 Å². The van der Waals surface area contributed by atoms with Crippen LogP contribution in [0.4, 0.5) is 0 Å². The van der Waals surface area contributed by atoms with Crippen LogP contribution in [-0.2, 0) is 19.1 Å². The van der Waals surface area contributed by atoms with Crippen molar-refractivity contribution in [3.8, 4) is 0 Å². The summed E-state index contributed by atoms with van der Waals surface area (Å²) < 4.78 is 10.8. The summed E-state index contributed by atoms with van der Waals surface area (Å²) in [7, 11) is 0. The van der Waals surface area contributed by atoms with E-state index in [0.29, 0.717) is 6.42 Å². The Morgan fingerprint density at radius 2 is 1.47 bits per heavy atom. The first-order chi connectivity index (χ1) is 8.61. The summed E-state index contributed by atoms with van der Waals surface area (Å²) in [5.41, 5.74) is -0.385. The number of hydrogen-bond acceptors (Lipinski definition) is 4. The van der Waals surface area contributed by atoms with Crippen LogP contribution in [0, 0.1) is 17.3 Å². The lowest BCUT2D eigenvalue weighted by Gasteiger charge is -2.33. The molecule has 0 fully saturated rings. The van der Waals surface area contributed by atoms with Gasteiger partial charge >= 0.3 is 11.9 Å². The molecule has 0 aliphatic heterocycles. The van der Waals surface area contributed by atoms with Gasteiger partial charge in [-0.2, -0.15) is 0 Å². The van der Waals surface area contributed by atoms with Crippen LogP contribution >= 0.6 is 0 Å². The number of hydrogen-bond donors (Lipinski definition) is 0. The number of carbonyl (C=O) groups excluding carboxylic acids is 2. The molecule has 0 spiro atoms. The van der Waals surface area contributed by atoms with Gasteiger partial charge < -0.3 is 9.47 Å². The Morgan fingerprint density at radius 3 is 1.84 bits per heavy atom. The first-order valence-corrected chi connectivity index (χ1v) is 6.99. The number of ether oxygens (including phenoxy) is 2. The van der Waals surface area contributed by atoms with Crippen LogP contribution in [0.1, 0.15) is 54.9 Å². The van der Waals surface area contributed by atoms with Gasteiger partial charge in [-0.15, -0.1) is 0 Å². The van der Waals surface area contributed by atoms with E-state index < -0.39 is 0 Å². The summed E-state index contributed by atoms with van der Waals surface area (Å²) in [6.45, 7) is 13.3. The molecule has 0 aromatic heterocycles. The van der Waals surface area contributed by atoms with Gasteiger partial charge in [0, 0.05) is 5.41 Å². The fourth-order valence-corrected chi connectivity index (χ4v) is 1.59. The molecule has 112 valence electrons. The summed E-state index contributed by atoms with van der Waals surface area (Å²) >= 11 is 0. The Balaban J connectivity index is 4.56. The molecule has 4 heteroatoms. The molecule has 0 aromatic carbocycles. The van der Waals surface area contributed by atoms with E-state index in [9.17, 15) is 9.59 Å². The van der Waals surface area contributed by atoms with Crippen molar-refractivity contribution in [2.24, 2.45) is 17.3 Å². The minimum absolute atomic E-state index is 0.144. The molecule has 0 rings (SSSR count). The van der Waals surface area contributed by atoms with Gasteiger partial charge in [0.1, 0.15) is 6.10 Å². The zero-order chi connectivity index (χ0) is 15.2. The van der Waals surface area contributed by atoms with Crippen molar-refractivity contribution in [3.63, 3.8) is 0 Å². The molecular formula is C15H28O4. The van der Waals surface area contributed by atoms with Crippen LogP contribution in [0.3, 0.4) is 0 Å². The molecule has 0 bridgehead atoms. The van der Waals surface area contributed by atoms with Gasteiger partial charge in [0.25, 0.3) is 0 Å². The molecule has 0 saturated heterocycles. The van der Waals surface area contributed by atoms with Crippen molar-refractivity contribution < 1.29 is 19.1 Å². The fraction of sp³-hybridized carbons (Fsp3) is 0.867. The predicted octanol–water partition coefficient (Wildman–Crippen LogP) is 3.19. The quantitative estimate of drug-likeness (QED) is 0.668. The van der Waals surface area contributed by atoms with Crippen molar-refractivity contribution in [3.05, 3.63) is 0 Å². The van der Waals surface area contributed by atoms with Gasteiger partial charge in [0.2, 0.25) is 0 Å². The Hall–Kier alpha value is -1.06. The monoisotopic (exact) mass is 272 g/mol. The van der Waals surface area contributed by atoms with Crippen molar-refractivity contribution >= 4 is 11.9 Å². The number of carbonyl (C=O) groups is 2. The number of rotatable bonds is 7. The van der Waals surface area contributed by atoms with Crippen molar-refractivity contribution in [1.82, 2.24) is 0 Å². The molecule has 0 aliphatic carbocycles. The highest BCUT2D eigenvalue weighted by atomic mass is 16.6. The van der Waals surface area contributed by atoms with E-state index in [1.807, 2.05) is 20.8 Å². The number of esters is 2. The average Bonchev–Trinajstić information content (AvgIpc) is 2.31. The molecule has 0 aromatic rings. The summed E-state index contributed by atoms with van der Waals surface area (Å²) in [4.78, 5) is 23.2. The average molecular weight is 272 g/mol. The smallest absolute Gasteiger partial charge is 0.308 e. The van der Waals surface area contributed by atoms with E-state index >= 15 is 0 Å². The van der Waals surface area contributed by atoms with E-state index in [2.05, 4.69) is 0 Å². The molecule has 0 radical (unpaired) electrons. The van der Waals surface area contributed by atoms with Crippen molar-refractivity contribution in [1.29, 1.82) is 0 Å². The minimum Gasteiger partial charge on any atom is -0.465 e. The second-order valence-corrected chi connectivity index (χ2v) is 6.24. The standard InChI is InChI=1S/C15H28O4/c1-8-12(19-14(17)11(4)5)15(6,7)9-18-13(16)10(2)3/h10-12H,8-9H2,1-7H3. The molecule has 0 aliphatic rings. The molecule has 1 unspecified atom stereocenters. The summed E-state index contributed by atoms with van der Waals surface area (Å²) in [6, 6.07) is 0. The molecule has 0 heterocycles. The van der Waals surface area contributed by atoms with Gasteiger partial charge in [-0.25, -0.2) is 0 Å². The molecular weight excluding hydrogens is 244 g/mol. The third-order valence-corrected chi connectivity index (χ3v) is 3.03. The van der Waals surface area contributed by atoms with Crippen LogP contribution < -0.4 is 0 Å². The van der Waals surface area contributed by atoms with E-state index in [4.69, 9.17) is 9.47 Å². The largest absolute Gasteiger partial charge is 0.465 e. The third-order valence-electron chi connectivity index (χ3n) is 3.03. The predicted molar refractivity (Wildman–Crippen MR) is 74.6 cm³/mol. The first kappa shape index (κ1) is 17.9. The second-order valence-electron chi connectivity index (χ2n) is 6.24. The Kier molecular flexibility index (Phi) is 7.09. The van der Waals surface area contributed by atoms with Crippen LogP contribution in [0.2, 0.25) is 0 Å². The molecule has 4 nitrogen and oxygen atoms in total. The highest BCUT2D eigenvalue weighted by Gasteiger charge is 2.33. The van der Waals surface area contributed by atoms with Crippen molar-refractivity contribution in [2.75, 3.05) is 6.61 Å². The maximum absolute atomic E-state index is 11.7. The Bertz CT molecular complexity index is 305. The Morgan fingerprint density at radius 1 is 1.00 bits per heavy atom. The lowest BCUT2D eigenvalue weighted by atomic mass is 9.85. The van der Waals surface area contributed by atoms with Crippen molar-refractivity contribution in [2.45, 2.75) is 61.0 Å². The lowest BCUT2D eigenvalue weighted by Crippen LogP contribution is -2.39. The highest BCUT2D eigenvalue weighted by Crippen LogP contribution is 2.27. The minimum atomic E-state index is -0.385. The fourth-order valence-electron chi connectivity index (χ4n) is 1.59. The normalized spacial score (nSPS) is 13.5. The molecule has 0 saturated carbocycles. The van der Waals surface area contributed by atoms with E-state index in [-0.39, 0.29) is 41.9 Å². The lowest BCUT2D eigenvalue weighted by molar-refractivity contribution is -0.165. The SMILES string of the molecule is CCC(OC(=O)C(C)C)C(C)(C)COC(=O)C(C)C. The molecule has 0 N–H and O–H groups in total. The van der Waals surface area contributed by atoms with E-state index in [1.165, 1.54) is 0 Å². The van der Waals surface area contributed by atoms with E-state index in [0.717, 1.165) is 0 Å². The van der Waals surface area contributed by atoms with Gasteiger partial charge in [0.05, 0.1) is 18.4 Å². The second kappa shape index (κ2) is 7.51. The van der Waals surface area contributed by atoms with Crippen LogP contribution in [-0.4, -0.2) is 24.6 Å². The van der Waals surface area contributed by atoms with Gasteiger partial charge in [-0.05, 0) is 6.42 Å². The maximum Gasteiger partial charge on any atom is 0.308 e. The van der Waals surface area contributed by atoms with Gasteiger partial charge in [-0.1, -0.05) is 48.5 Å². The summed E-state index contributed by atoms with van der Waals surface area (Å²) in [5, 5.41) is 0. The molecule has 1 atom stereocenters. The third kappa shape index (κ3) is 6.08.